The van der Waals surface area contributed by atoms with Gasteiger partial charge in [0.25, 0.3) is 5.91 Å². The molecule has 0 unspecified atom stereocenters. The van der Waals surface area contributed by atoms with Crippen LogP contribution in [0.3, 0.4) is 0 Å². The number of rotatable bonds is 3. The number of halogens is 1. The van der Waals surface area contributed by atoms with Crippen LogP contribution in [0.2, 0.25) is 5.02 Å². The molecule has 0 saturated carbocycles. The number of carbonyl (C=O) groups excluding carboxylic acids is 1. The second-order valence-corrected chi connectivity index (χ2v) is 4.54. The van der Waals surface area contributed by atoms with E-state index in [9.17, 15) is 4.79 Å². The lowest BCUT2D eigenvalue weighted by Gasteiger charge is -2.07. The molecule has 1 amide bonds. The van der Waals surface area contributed by atoms with Crippen molar-refractivity contribution in [3.63, 3.8) is 0 Å². The maximum atomic E-state index is 11.9. The lowest BCUT2D eigenvalue weighted by atomic mass is 10.2. The van der Waals surface area contributed by atoms with E-state index in [1.807, 2.05) is 19.1 Å². The van der Waals surface area contributed by atoms with Crippen molar-refractivity contribution in [2.24, 2.45) is 7.05 Å². The largest absolute Gasteiger partial charge is 0.345 e. The maximum absolute atomic E-state index is 11.9. The summed E-state index contributed by atoms with van der Waals surface area (Å²) < 4.78 is 1.70. The van der Waals surface area contributed by atoms with Crippen LogP contribution in [-0.4, -0.2) is 15.5 Å². The zero-order chi connectivity index (χ0) is 13.1. The Balaban J connectivity index is 2.05. The molecule has 0 saturated heterocycles. The molecule has 0 spiro atoms. The quantitative estimate of drug-likeness (QED) is 0.924. The van der Waals surface area contributed by atoms with Gasteiger partial charge in [0, 0.05) is 19.4 Å². The van der Waals surface area contributed by atoms with Crippen molar-refractivity contribution < 1.29 is 4.79 Å². The third-order valence-electron chi connectivity index (χ3n) is 2.74. The molecule has 0 radical (unpaired) electrons. The summed E-state index contributed by atoms with van der Waals surface area (Å²) in [5.41, 5.74) is 2.46. The van der Waals surface area contributed by atoms with E-state index in [0.29, 0.717) is 17.3 Å². The van der Waals surface area contributed by atoms with Gasteiger partial charge in [-0.3, -0.25) is 9.78 Å². The molecule has 0 atom stereocenters. The lowest BCUT2D eigenvalue weighted by molar-refractivity contribution is 0.0942. The summed E-state index contributed by atoms with van der Waals surface area (Å²) in [5.74, 6) is -0.158. The minimum atomic E-state index is -0.158. The number of aromatic nitrogens is 2. The van der Waals surface area contributed by atoms with Crippen LogP contribution in [0.25, 0.3) is 0 Å². The third kappa shape index (κ3) is 2.71. The maximum Gasteiger partial charge on any atom is 0.268 e. The van der Waals surface area contributed by atoms with Crippen molar-refractivity contribution >= 4 is 17.5 Å². The van der Waals surface area contributed by atoms with Crippen LogP contribution >= 0.6 is 11.6 Å². The van der Waals surface area contributed by atoms with Gasteiger partial charge in [-0.1, -0.05) is 17.7 Å². The van der Waals surface area contributed by atoms with Crippen LogP contribution in [0.15, 0.2) is 30.6 Å². The van der Waals surface area contributed by atoms with Gasteiger partial charge in [-0.05, 0) is 24.6 Å². The number of pyridine rings is 1. The normalized spacial score (nSPS) is 10.4. The van der Waals surface area contributed by atoms with E-state index in [4.69, 9.17) is 11.6 Å². The molecular formula is C13H14ClN3O. The first-order valence-electron chi connectivity index (χ1n) is 5.58. The molecule has 94 valence electrons. The van der Waals surface area contributed by atoms with E-state index in [-0.39, 0.29) is 5.91 Å². The van der Waals surface area contributed by atoms with E-state index in [0.717, 1.165) is 11.3 Å². The first kappa shape index (κ1) is 12.6. The summed E-state index contributed by atoms with van der Waals surface area (Å²) in [5, 5.41) is 3.38. The van der Waals surface area contributed by atoms with Gasteiger partial charge in [0.1, 0.15) is 5.69 Å². The second kappa shape index (κ2) is 5.23. The summed E-state index contributed by atoms with van der Waals surface area (Å²) >= 11 is 5.84. The van der Waals surface area contributed by atoms with Crippen molar-refractivity contribution in [3.05, 3.63) is 52.6 Å². The number of amides is 1. The Morgan fingerprint density at radius 2 is 2.33 bits per heavy atom. The molecule has 2 heterocycles. The minimum Gasteiger partial charge on any atom is -0.345 e. The molecule has 0 bridgehead atoms. The average Bonchev–Trinajstić information content (AvgIpc) is 2.67. The van der Waals surface area contributed by atoms with Crippen molar-refractivity contribution in [1.82, 2.24) is 14.9 Å². The Morgan fingerprint density at radius 3 is 2.94 bits per heavy atom. The standard InChI is InChI=1S/C13H14ClN3O/c1-9-4-3-5-15-11(9)7-16-13(18)12-6-10(14)8-17(12)2/h3-6,8H,7H2,1-2H3,(H,16,18). The van der Waals surface area contributed by atoms with Crippen LogP contribution in [0.5, 0.6) is 0 Å². The summed E-state index contributed by atoms with van der Waals surface area (Å²) in [4.78, 5) is 16.2. The van der Waals surface area contributed by atoms with Gasteiger partial charge in [-0.25, -0.2) is 0 Å². The molecular weight excluding hydrogens is 250 g/mol. The number of aryl methyl sites for hydroxylation is 2. The van der Waals surface area contributed by atoms with Crippen molar-refractivity contribution in [3.8, 4) is 0 Å². The van der Waals surface area contributed by atoms with Crippen molar-refractivity contribution in [2.75, 3.05) is 0 Å². The van der Waals surface area contributed by atoms with Crippen LogP contribution in [-0.2, 0) is 13.6 Å². The van der Waals surface area contributed by atoms with Crippen molar-refractivity contribution in [2.45, 2.75) is 13.5 Å². The van der Waals surface area contributed by atoms with Gasteiger partial charge in [0.15, 0.2) is 0 Å². The van der Waals surface area contributed by atoms with Crippen LogP contribution < -0.4 is 5.32 Å². The highest BCUT2D eigenvalue weighted by atomic mass is 35.5. The molecule has 0 aromatic carbocycles. The molecule has 0 fully saturated rings. The molecule has 4 nitrogen and oxygen atoms in total. The molecule has 0 aliphatic heterocycles. The van der Waals surface area contributed by atoms with E-state index < -0.39 is 0 Å². The predicted molar refractivity (Wildman–Crippen MR) is 70.6 cm³/mol. The number of hydrogen-bond acceptors (Lipinski definition) is 2. The molecule has 18 heavy (non-hydrogen) atoms. The number of hydrogen-bond donors (Lipinski definition) is 1. The van der Waals surface area contributed by atoms with E-state index >= 15 is 0 Å². The SMILES string of the molecule is Cc1cccnc1CNC(=O)c1cc(Cl)cn1C. The average molecular weight is 264 g/mol. The van der Waals surface area contributed by atoms with Gasteiger partial charge < -0.3 is 9.88 Å². The molecule has 2 aromatic heterocycles. The van der Waals surface area contributed by atoms with Gasteiger partial charge >= 0.3 is 0 Å². The monoisotopic (exact) mass is 263 g/mol. The second-order valence-electron chi connectivity index (χ2n) is 4.10. The molecule has 0 aliphatic carbocycles. The lowest BCUT2D eigenvalue weighted by Crippen LogP contribution is -2.25. The Kier molecular flexibility index (Phi) is 3.67. The van der Waals surface area contributed by atoms with Crippen molar-refractivity contribution in [1.29, 1.82) is 0 Å². The van der Waals surface area contributed by atoms with E-state index in [2.05, 4.69) is 10.3 Å². The first-order valence-corrected chi connectivity index (χ1v) is 5.96. The molecule has 0 aliphatic rings. The number of carbonyl (C=O) groups is 1. The van der Waals surface area contributed by atoms with Gasteiger partial charge in [-0.2, -0.15) is 0 Å². The van der Waals surface area contributed by atoms with E-state index in [1.54, 1.807) is 30.1 Å². The van der Waals surface area contributed by atoms with Crippen LogP contribution in [0, 0.1) is 6.92 Å². The molecule has 5 heteroatoms. The predicted octanol–water partition coefficient (Wildman–Crippen LogP) is 2.31. The molecule has 1 N–H and O–H groups in total. The third-order valence-corrected chi connectivity index (χ3v) is 2.95. The molecule has 2 rings (SSSR count). The summed E-state index contributed by atoms with van der Waals surface area (Å²) in [6.07, 6.45) is 3.41. The van der Waals surface area contributed by atoms with Gasteiger partial charge in [-0.15, -0.1) is 0 Å². The van der Waals surface area contributed by atoms with E-state index in [1.165, 1.54) is 0 Å². The highest BCUT2D eigenvalue weighted by Crippen LogP contribution is 2.12. The number of nitrogens with zero attached hydrogens (tertiary/aromatic N) is 2. The first-order chi connectivity index (χ1) is 8.58. The Morgan fingerprint density at radius 1 is 1.56 bits per heavy atom. The number of nitrogens with one attached hydrogen (secondary N) is 1. The fraction of sp³-hybridized carbons (Fsp3) is 0.231. The Hall–Kier alpha value is -1.81. The van der Waals surface area contributed by atoms with Gasteiger partial charge in [0.05, 0.1) is 17.3 Å². The highest BCUT2D eigenvalue weighted by Gasteiger charge is 2.11. The van der Waals surface area contributed by atoms with Crippen LogP contribution in [0.4, 0.5) is 0 Å². The Bertz CT molecular complexity index is 577. The highest BCUT2D eigenvalue weighted by molar-refractivity contribution is 6.31. The fourth-order valence-electron chi connectivity index (χ4n) is 1.71. The topological polar surface area (TPSA) is 46.9 Å². The smallest absolute Gasteiger partial charge is 0.268 e. The summed E-state index contributed by atoms with van der Waals surface area (Å²) in [6.45, 7) is 2.38. The Labute approximate surface area is 111 Å². The fourth-order valence-corrected chi connectivity index (χ4v) is 1.96. The minimum absolute atomic E-state index is 0.158. The van der Waals surface area contributed by atoms with Gasteiger partial charge in [0.2, 0.25) is 0 Å². The zero-order valence-corrected chi connectivity index (χ0v) is 11.0. The molecule has 2 aromatic rings. The summed E-state index contributed by atoms with van der Waals surface area (Å²) in [6, 6.07) is 5.48. The van der Waals surface area contributed by atoms with Crippen LogP contribution in [0.1, 0.15) is 21.7 Å². The summed E-state index contributed by atoms with van der Waals surface area (Å²) in [7, 11) is 1.78. The zero-order valence-electron chi connectivity index (χ0n) is 10.3.